The maximum Gasteiger partial charge on any atom is 0.160 e. The summed E-state index contributed by atoms with van der Waals surface area (Å²) in [6.45, 7) is 4.29. The van der Waals surface area contributed by atoms with Gasteiger partial charge >= 0.3 is 0 Å². The number of aromatic nitrogens is 3. The van der Waals surface area contributed by atoms with Gasteiger partial charge in [-0.05, 0) is 44.7 Å². The summed E-state index contributed by atoms with van der Waals surface area (Å²) in [5.41, 5.74) is 1.94. The second kappa shape index (κ2) is 5.72. The molecule has 2 atom stereocenters. The summed E-state index contributed by atoms with van der Waals surface area (Å²) in [5, 5.41) is -0.0877. The predicted molar refractivity (Wildman–Crippen MR) is 83.1 cm³/mol. The van der Waals surface area contributed by atoms with Crippen LogP contribution in [0.3, 0.4) is 0 Å². The molecule has 0 amide bonds. The molecular weight excluding hydrogens is 270 g/mol. The monoisotopic (exact) mass is 291 g/mol. The van der Waals surface area contributed by atoms with Crippen molar-refractivity contribution in [1.29, 1.82) is 0 Å². The van der Waals surface area contributed by atoms with Crippen LogP contribution >= 0.6 is 11.6 Å². The van der Waals surface area contributed by atoms with Crippen molar-refractivity contribution in [3.05, 3.63) is 24.2 Å². The normalized spacial score (nSPS) is 20.1. The first-order chi connectivity index (χ1) is 9.68. The number of hydrogen-bond acceptors (Lipinski definition) is 2. The molecule has 4 heteroatoms. The molecule has 2 aromatic heterocycles. The zero-order chi connectivity index (χ0) is 14.1. The number of imidazole rings is 1. The van der Waals surface area contributed by atoms with Crippen molar-refractivity contribution >= 4 is 22.8 Å². The number of rotatable bonds is 3. The average molecular weight is 292 g/mol. The molecule has 1 aliphatic rings. The lowest BCUT2D eigenvalue weighted by Crippen LogP contribution is -2.21. The Kier molecular flexibility index (Phi) is 3.97. The molecule has 108 valence electrons. The van der Waals surface area contributed by atoms with E-state index in [0.717, 1.165) is 22.9 Å². The summed E-state index contributed by atoms with van der Waals surface area (Å²) in [6, 6.07) is 4.38. The zero-order valence-electron chi connectivity index (χ0n) is 12.2. The molecule has 20 heavy (non-hydrogen) atoms. The maximum absolute atomic E-state index is 6.35. The topological polar surface area (TPSA) is 30.7 Å². The van der Waals surface area contributed by atoms with Crippen LogP contribution in [0, 0.1) is 5.92 Å². The second-order valence-electron chi connectivity index (χ2n) is 5.94. The number of pyridine rings is 1. The molecule has 0 N–H and O–H groups in total. The van der Waals surface area contributed by atoms with Crippen molar-refractivity contribution in [2.24, 2.45) is 5.92 Å². The molecule has 0 radical (unpaired) electrons. The highest BCUT2D eigenvalue weighted by Gasteiger charge is 2.26. The SMILES string of the molecule is CC(Cl)c1nc2cccnc2n1C(C)C1CCCCC1. The van der Waals surface area contributed by atoms with Crippen LogP contribution in [0.1, 0.15) is 63.2 Å². The number of hydrogen-bond donors (Lipinski definition) is 0. The molecule has 3 nitrogen and oxygen atoms in total. The van der Waals surface area contributed by atoms with Crippen LogP contribution in [-0.2, 0) is 0 Å². The molecular formula is C16H22ClN3. The Morgan fingerprint density at radius 1 is 1.25 bits per heavy atom. The van der Waals surface area contributed by atoms with Gasteiger partial charge in [-0.25, -0.2) is 9.97 Å². The summed E-state index contributed by atoms with van der Waals surface area (Å²) in [5.74, 6) is 1.68. The first-order valence-corrected chi connectivity index (χ1v) is 8.09. The van der Waals surface area contributed by atoms with E-state index in [1.54, 1.807) is 0 Å². The Morgan fingerprint density at radius 3 is 2.70 bits per heavy atom. The van der Waals surface area contributed by atoms with Crippen LogP contribution < -0.4 is 0 Å². The van der Waals surface area contributed by atoms with E-state index in [4.69, 9.17) is 16.6 Å². The highest BCUT2D eigenvalue weighted by molar-refractivity contribution is 6.20. The van der Waals surface area contributed by atoms with E-state index in [2.05, 4.69) is 16.5 Å². The summed E-state index contributed by atoms with van der Waals surface area (Å²) in [7, 11) is 0. The Labute approximate surface area is 125 Å². The van der Waals surface area contributed by atoms with Gasteiger partial charge in [0.15, 0.2) is 5.65 Å². The smallest absolute Gasteiger partial charge is 0.160 e. The largest absolute Gasteiger partial charge is 0.308 e. The van der Waals surface area contributed by atoms with Crippen LogP contribution in [0.5, 0.6) is 0 Å². The van der Waals surface area contributed by atoms with Crippen LogP contribution in [0.25, 0.3) is 11.2 Å². The molecule has 1 saturated carbocycles. The van der Waals surface area contributed by atoms with Crippen LogP contribution in [0.15, 0.2) is 18.3 Å². The highest BCUT2D eigenvalue weighted by Crippen LogP contribution is 2.36. The lowest BCUT2D eigenvalue weighted by atomic mass is 9.84. The van der Waals surface area contributed by atoms with E-state index in [1.165, 1.54) is 32.1 Å². The molecule has 0 bridgehead atoms. The predicted octanol–water partition coefficient (Wildman–Crippen LogP) is 4.87. The lowest BCUT2D eigenvalue weighted by molar-refractivity contribution is 0.263. The summed E-state index contributed by atoms with van der Waals surface area (Å²) < 4.78 is 2.28. The molecule has 2 heterocycles. The fraction of sp³-hybridized carbons (Fsp3) is 0.625. The molecule has 1 fully saturated rings. The molecule has 2 aromatic rings. The lowest BCUT2D eigenvalue weighted by Gasteiger charge is -2.30. The maximum atomic E-state index is 6.35. The van der Waals surface area contributed by atoms with Gasteiger partial charge in [-0.2, -0.15) is 0 Å². The van der Waals surface area contributed by atoms with Crippen LogP contribution in [0.2, 0.25) is 0 Å². The minimum absolute atomic E-state index is 0.0877. The fourth-order valence-corrected chi connectivity index (χ4v) is 3.61. The number of alkyl halides is 1. The molecule has 0 aliphatic heterocycles. The molecule has 0 spiro atoms. The van der Waals surface area contributed by atoms with Crippen molar-refractivity contribution in [2.45, 2.75) is 57.4 Å². The van der Waals surface area contributed by atoms with Gasteiger partial charge in [0, 0.05) is 12.2 Å². The van der Waals surface area contributed by atoms with Gasteiger partial charge in [-0.1, -0.05) is 19.3 Å². The quantitative estimate of drug-likeness (QED) is 0.755. The van der Waals surface area contributed by atoms with Crippen molar-refractivity contribution < 1.29 is 0 Å². The zero-order valence-corrected chi connectivity index (χ0v) is 13.0. The van der Waals surface area contributed by atoms with Gasteiger partial charge in [0.25, 0.3) is 0 Å². The summed E-state index contributed by atoms with van der Waals surface area (Å²) in [6.07, 6.45) is 8.54. The Morgan fingerprint density at radius 2 is 2.00 bits per heavy atom. The van der Waals surface area contributed by atoms with E-state index in [9.17, 15) is 0 Å². The third-order valence-corrected chi connectivity index (χ3v) is 4.77. The van der Waals surface area contributed by atoms with Gasteiger partial charge in [0.2, 0.25) is 0 Å². The van der Waals surface area contributed by atoms with Crippen molar-refractivity contribution in [3.63, 3.8) is 0 Å². The minimum Gasteiger partial charge on any atom is -0.308 e. The van der Waals surface area contributed by atoms with Crippen LogP contribution in [-0.4, -0.2) is 14.5 Å². The first-order valence-electron chi connectivity index (χ1n) is 7.65. The molecule has 3 rings (SSSR count). The number of nitrogens with zero attached hydrogens (tertiary/aromatic N) is 3. The van der Waals surface area contributed by atoms with Gasteiger partial charge in [-0.3, -0.25) is 0 Å². The third kappa shape index (κ3) is 2.44. The standard InChI is InChI=1S/C16H22ClN3/c1-11(17)15-19-14-9-6-10-18-16(14)20(15)12(2)13-7-4-3-5-8-13/h6,9-13H,3-5,7-8H2,1-2H3. The fourth-order valence-electron chi connectivity index (χ4n) is 3.46. The van der Waals surface area contributed by atoms with E-state index < -0.39 is 0 Å². The summed E-state index contributed by atoms with van der Waals surface area (Å²) in [4.78, 5) is 9.24. The van der Waals surface area contributed by atoms with Crippen molar-refractivity contribution in [1.82, 2.24) is 14.5 Å². The highest BCUT2D eigenvalue weighted by atomic mass is 35.5. The van der Waals surface area contributed by atoms with E-state index >= 15 is 0 Å². The van der Waals surface area contributed by atoms with Gasteiger partial charge in [-0.15, -0.1) is 11.6 Å². The average Bonchev–Trinajstić information content (AvgIpc) is 2.87. The minimum atomic E-state index is -0.0877. The third-order valence-electron chi connectivity index (χ3n) is 4.57. The molecule has 0 aromatic carbocycles. The number of fused-ring (bicyclic) bond motifs is 1. The Balaban J connectivity index is 2.05. The van der Waals surface area contributed by atoms with Crippen molar-refractivity contribution in [2.75, 3.05) is 0 Å². The second-order valence-corrected chi connectivity index (χ2v) is 6.60. The molecule has 0 saturated heterocycles. The van der Waals surface area contributed by atoms with Crippen LogP contribution in [0.4, 0.5) is 0 Å². The molecule has 2 unspecified atom stereocenters. The summed E-state index contributed by atoms with van der Waals surface area (Å²) >= 11 is 6.35. The molecule has 1 aliphatic carbocycles. The van der Waals surface area contributed by atoms with Gasteiger partial charge in [0.1, 0.15) is 11.3 Å². The van der Waals surface area contributed by atoms with Gasteiger partial charge in [0.05, 0.1) is 5.38 Å². The Hall–Kier alpha value is -1.09. The van der Waals surface area contributed by atoms with E-state index in [1.807, 2.05) is 25.3 Å². The van der Waals surface area contributed by atoms with E-state index in [-0.39, 0.29) is 5.38 Å². The van der Waals surface area contributed by atoms with Crippen molar-refractivity contribution in [3.8, 4) is 0 Å². The Bertz CT molecular complexity index is 584. The number of halogens is 1. The van der Waals surface area contributed by atoms with Gasteiger partial charge < -0.3 is 4.57 Å². The first kappa shape index (κ1) is 13.9. The van der Waals surface area contributed by atoms with E-state index in [0.29, 0.717) is 6.04 Å².